The van der Waals surface area contributed by atoms with Gasteiger partial charge in [0.15, 0.2) is 0 Å². The number of aliphatic carboxylic acids is 1. The van der Waals surface area contributed by atoms with Crippen molar-refractivity contribution in [3.8, 4) is 10.6 Å². The predicted octanol–water partition coefficient (Wildman–Crippen LogP) is 2.26. The maximum Gasteiger partial charge on any atom is 0.305 e. The van der Waals surface area contributed by atoms with Crippen molar-refractivity contribution in [2.24, 2.45) is 0 Å². The number of carbonyl (C=O) groups is 2. The van der Waals surface area contributed by atoms with Gasteiger partial charge in [0.05, 0.1) is 24.1 Å². The van der Waals surface area contributed by atoms with Gasteiger partial charge in [0, 0.05) is 23.3 Å². The average Bonchev–Trinajstić information content (AvgIpc) is 2.93. The van der Waals surface area contributed by atoms with E-state index in [0.717, 1.165) is 29.8 Å². The Morgan fingerprint density at radius 2 is 2.22 bits per heavy atom. The lowest BCUT2D eigenvalue weighted by atomic mass is 9.74. The van der Waals surface area contributed by atoms with Crippen LogP contribution in [-0.2, 0) is 16.0 Å². The molecule has 1 aliphatic rings. The fourth-order valence-electron chi connectivity index (χ4n) is 2.75. The maximum atomic E-state index is 12.2. The first-order valence-electron chi connectivity index (χ1n) is 7.44. The Hall–Kier alpha value is -2.28. The van der Waals surface area contributed by atoms with Crippen molar-refractivity contribution >= 4 is 23.2 Å². The lowest BCUT2D eigenvalue weighted by molar-refractivity contribution is -0.140. The molecule has 0 saturated heterocycles. The molecule has 120 valence electrons. The summed E-state index contributed by atoms with van der Waals surface area (Å²) >= 11 is 1.47. The number of rotatable bonds is 6. The van der Waals surface area contributed by atoms with Crippen LogP contribution in [-0.4, -0.2) is 32.5 Å². The number of nitrogens with zero attached hydrogens (tertiary/aromatic N) is 2. The summed E-state index contributed by atoms with van der Waals surface area (Å²) in [6.07, 6.45) is 5.99. The SMILES string of the molecule is O=C(O)CC1(NC(=O)Cc2csc(-c3cccnc3)n2)CCC1. The first kappa shape index (κ1) is 15.6. The largest absolute Gasteiger partial charge is 0.481 e. The van der Waals surface area contributed by atoms with Gasteiger partial charge in [-0.05, 0) is 31.4 Å². The van der Waals surface area contributed by atoms with E-state index in [4.69, 9.17) is 5.11 Å². The third-order valence-corrected chi connectivity index (χ3v) is 4.95. The molecule has 2 aromatic rings. The minimum absolute atomic E-state index is 0.0171. The summed E-state index contributed by atoms with van der Waals surface area (Å²) in [7, 11) is 0. The number of hydrogen-bond acceptors (Lipinski definition) is 5. The quantitative estimate of drug-likeness (QED) is 0.847. The molecule has 23 heavy (non-hydrogen) atoms. The normalized spacial score (nSPS) is 15.7. The maximum absolute atomic E-state index is 12.2. The second-order valence-electron chi connectivity index (χ2n) is 5.82. The molecule has 6 nitrogen and oxygen atoms in total. The molecule has 2 N–H and O–H groups in total. The highest BCUT2D eigenvalue weighted by Gasteiger charge is 2.40. The topological polar surface area (TPSA) is 92.2 Å². The minimum atomic E-state index is -0.877. The highest BCUT2D eigenvalue weighted by Crippen LogP contribution is 2.35. The second kappa shape index (κ2) is 6.45. The van der Waals surface area contributed by atoms with Gasteiger partial charge in [-0.3, -0.25) is 14.6 Å². The molecular formula is C16H17N3O3S. The Balaban J connectivity index is 1.62. The van der Waals surface area contributed by atoms with Gasteiger partial charge in [0.1, 0.15) is 5.01 Å². The van der Waals surface area contributed by atoms with Crippen LogP contribution in [0.5, 0.6) is 0 Å². The molecule has 0 bridgehead atoms. The number of hydrogen-bond donors (Lipinski definition) is 2. The number of pyridine rings is 1. The van der Waals surface area contributed by atoms with E-state index in [1.807, 2.05) is 17.5 Å². The van der Waals surface area contributed by atoms with Gasteiger partial charge in [0.2, 0.25) is 5.91 Å². The Morgan fingerprint density at radius 3 is 2.83 bits per heavy atom. The molecule has 7 heteroatoms. The van der Waals surface area contributed by atoms with Crippen molar-refractivity contribution in [2.75, 3.05) is 0 Å². The summed E-state index contributed by atoms with van der Waals surface area (Å²) in [5.41, 5.74) is 1.05. The number of thiazole rings is 1. The van der Waals surface area contributed by atoms with Crippen LogP contribution in [0.15, 0.2) is 29.9 Å². The third-order valence-electron chi connectivity index (χ3n) is 4.01. The van der Waals surface area contributed by atoms with Crippen molar-refractivity contribution in [1.29, 1.82) is 0 Å². The van der Waals surface area contributed by atoms with E-state index in [1.165, 1.54) is 11.3 Å². The first-order valence-corrected chi connectivity index (χ1v) is 8.32. The molecule has 1 aliphatic carbocycles. The van der Waals surface area contributed by atoms with E-state index < -0.39 is 11.5 Å². The zero-order valence-corrected chi connectivity index (χ0v) is 13.3. The van der Waals surface area contributed by atoms with Crippen LogP contribution in [0.1, 0.15) is 31.4 Å². The fraction of sp³-hybridized carbons (Fsp3) is 0.375. The smallest absolute Gasteiger partial charge is 0.305 e. The number of amides is 1. The van der Waals surface area contributed by atoms with Gasteiger partial charge in [0.25, 0.3) is 0 Å². The third kappa shape index (κ3) is 3.73. The monoisotopic (exact) mass is 331 g/mol. The van der Waals surface area contributed by atoms with Crippen LogP contribution < -0.4 is 5.32 Å². The van der Waals surface area contributed by atoms with Gasteiger partial charge in [-0.2, -0.15) is 0 Å². The summed E-state index contributed by atoms with van der Waals surface area (Å²) in [6, 6.07) is 3.77. The van der Waals surface area contributed by atoms with Gasteiger partial charge in [-0.25, -0.2) is 4.98 Å². The van der Waals surface area contributed by atoms with Crippen LogP contribution in [0.2, 0.25) is 0 Å². The van der Waals surface area contributed by atoms with Crippen LogP contribution in [0.4, 0.5) is 0 Å². The summed E-state index contributed by atoms with van der Waals surface area (Å²) in [5.74, 6) is -1.05. The Morgan fingerprint density at radius 1 is 1.39 bits per heavy atom. The van der Waals surface area contributed by atoms with Crippen LogP contribution in [0, 0.1) is 0 Å². The number of aromatic nitrogens is 2. The molecule has 0 aliphatic heterocycles. The average molecular weight is 331 g/mol. The van der Waals surface area contributed by atoms with Crippen LogP contribution in [0.25, 0.3) is 10.6 Å². The van der Waals surface area contributed by atoms with Crippen molar-refractivity contribution in [1.82, 2.24) is 15.3 Å². The van der Waals surface area contributed by atoms with Crippen molar-refractivity contribution in [3.05, 3.63) is 35.6 Å². The minimum Gasteiger partial charge on any atom is -0.481 e. The Bertz CT molecular complexity index is 710. The lowest BCUT2D eigenvalue weighted by Gasteiger charge is -2.41. The molecule has 2 heterocycles. The van der Waals surface area contributed by atoms with Crippen molar-refractivity contribution in [3.63, 3.8) is 0 Å². The van der Waals surface area contributed by atoms with Crippen molar-refractivity contribution in [2.45, 2.75) is 37.6 Å². The number of nitrogens with one attached hydrogen (secondary N) is 1. The molecule has 0 radical (unpaired) electrons. The molecule has 0 unspecified atom stereocenters. The standard InChI is InChI=1S/C16H17N3O3S/c20-13(19-16(4-2-5-16)8-14(21)22)7-12-10-23-15(18-12)11-3-1-6-17-9-11/h1,3,6,9-10H,2,4-5,7-8H2,(H,19,20)(H,21,22). The molecule has 0 spiro atoms. The molecule has 1 amide bonds. The number of carbonyl (C=O) groups excluding carboxylic acids is 1. The Labute approximate surface area is 137 Å². The molecule has 1 fully saturated rings. The van der Waals surface area contributed by atoms with E-state index in [1.54, 1.807) is 12.4 Å². The fourth-order valence-corrected chi connectivity index (χ4v) is 3.56. The first-order chi connectivity index (χ1) is 11.1. The summed E-state index contributed by atoms with van der Waals surface area (Å²) in [5, 5.41) is 14.5. The van der Waals surface area contributed by atoms with Crippen LogP contribution in [0.3, 0.4) is 0 Å². The highest BCUT2D eigenvalue weighted by atomic mass is 32.1. The lowest BCUT2D eigenvalue weighted by Crippen LogP contribution is -2.55. The zero-order chi connectivity index (χ0) is 16.3. The van der Waals surface area contributed by atoms with E-state index in [-0.39, 0.29) is 18.7 Å². The molecule has 2 aromatic heterocycles. The summed E-state index contributed by atoms with van der Waals surface area (Å²) in [6.45, 7) is 0. The number of carboxylic acids is 1. The molecule has 1 saturated carbocycles. The van der Waals surface area contributed by atoms with E-state index in [9.17, 15) is 9.59 Å². The van der Waals surface area contributed by atoms with E-state index in [2.05, 4.69) is 15.3 Å². The van der Waals surface area contributed by atoms with Gasteiger partial charge >= 0.3 is 5.97 Å². The molecular weight excluding hydrogens is 314 g/mol. The molecule has 0 aromatic carbocycles. The number of carboxylic acid groups (broad SMARTS) is 1. The van der Waals surface area contributed by atoms with E-state index >= 15 is 0 Å². The zero-order valence-electron chi connectivity index (χ0n) is 12.5. The van der Waals surface area contributed by atoms with Crippen molar-refractivity contribution < 1.29 is 14.7 Å². The second-order valence-corrected chi connectivity index (χ2v) is 6.67. The van der Waals surface area contributed by atoms with Gasteiger partial charge in [-0.1, -0.05) is 0 Å². The predicted molar refractivity (Wildman–Crippen MR) is 86.0 cm³/mol. The van der Waals surface area contributed by atoms with Gasteiger partial charge < -0.3 is 10.4 Å². The van der Waals surface area contributed by atoms with Gasteiger partial charge in [-0.15, -0.1) is 11.3 Å². The highest BCUT2D eigenvalue weighted by molar-refractivity contribution is 7.13. The van der Waals surface area contributed by atoms with Crippen LogP contribution >= 0.6 is 11.3 Å². The Kier molecular flexibility index (Phi) is 4.38. The summed E-state index contributed by atoms with van der Waals surface area (Å²) < 4.78 is 0. The van der Waals surface area contributed by atoms with E-state index in [0.29, 0.717) is 5.69 Å². The molecule has 3 rings (SSSR count). The molecule has 0 atom stereocenters. The summed E-state index contributed by atoms with van der Waals surface area (Å²) in [4.78, 5) is 31.7.